The van der Waals surface area contributed by atoms with E-state index >= 15 is 0 Å². The molecule has 1 aromatic carbocycles. The van der Waals surface area contributed by atoms with Gasteiger partial charge in [0.1, 0.15) is 0 Å². The first kappa shape index (κ1) is 17.5. The molecule has 1 saturated heterocycles. The molecular formula is C20H25N3O2. The van der Waals surface area contributed by atoms with Gasteiger partial charge >= 0.3 is 0 Å². The first-order valence-electron chi connectivity index (χ1n) is 8.91. The van der Waals surface area contributed by atoms with E-state index in [0.29, 0.717) is 11.7 Å². The van der Waals surface area contributed by atoms with Gasteiger partial charge in [0.15, 0.2) is 0 Å². The van der Waals surface area contributed by atoms with Crippen LogP contribution in [0.1, 0.15) is 41.7 Å². The number of carbonyl (C=O) groups excluding carboxylic acids is 1. The van der Waals surface area contributed by atoms with Gasteiger partial charge in [0.05, 0.1) is 17.5 Å². The van der Waals surface area contributed by atoms with Gasteiger partial charge in [-0.05, 0) is 56.9 Å². The minimum atomic E-state index is 0.0364. The van der Waals surface area contributed by atoms with Crippen LogP contribution in [0.4, 0.5) is 0 Å². The summed E-state index contributed by atoms with van der Waals surface area (Å²) in [5.41, 5.74) is 3.24. The highest BCUT2D eigenvalue weighted by molar-refractivity contribution is 5.95. The van der Waals surface area contributed by atoms with E-state index < -0.39 is 0 Å². The summed E-state index contributed by atoms with van der Waals surface area (Å²) in [5, 5.41) is 8.28. The van der Waals surface area contributed by atoms with Crippen LogP contribution in [0, 0.1) is 6.92 Å². The van der Waals surface area contributed by atoms with E-state index in [4.69, 9.17) is 4.74 Å². The Hall–Kier alpha value is -2.27. The quantitative estimate of drug-likeness (QED) is 0.808. The van der Waals surface area contributed by atoms with Crippen LogP contribution in [-0.4, -0.2) is 47.3 Å². The minimum absolute atomic E-state index is 0.0364. The molecule has 0 aliphatic carbocycles. The molecule has 1 amide bonds. The fourth-order valence-corrected chi connectivity index (χ4v) is 3.11. The van der Waals surface area contributed by atoms with Crippen molar-refractivity contribution in [1.82, 2.24) is 15.1 Å². The van der Waals surface area contributed by atoms with E-state index in [1.54, 1.807) is 4.90 Å². The molecule has 2 aromatic rings. The average Bonchev–Trinajstić information content (AvgIpc) is 3.15. The average molecular weight is 339 g/mol. The van der Waals surface area contributed by atoms with Crippen LogP contribution in [0.2, 0.25) is 0 Å². The second-order valence-corrected chi connectivity index (χ2v) is 6.64. The second kappa shape index (κ2) is 8.21. The number of carbonyl (C=O) groups is 1. The van der Waals surface area contributed by atoms with E-state index in [9.17, 15) is 4.79 Å². The lowest BCUT2D eigenvalue weighted by Gasteiger charge is -2.18. The van der Waals surface area contributed by atoms with Crippen molar-refractivity contribution in [3.63, 3.8) is 0 Å². The Kier molecular flexibility index (Phi) is 5.76. The molecule has 0 spiro atoms. The molecule has 5 heteroatoms. The Balaban J connectivity index is 1.61. The van der Waals surface area contributed by atoms with Crippen LogP contribution in [0.3, 0.4) is 0 Å². The van der Waals surface area contributed by atoms with Gasteiger partial charge < -0.3 is 9.64 Å². The molecule has 1 aliphatic rings. The molecule has 3 rings (SSSR count). The summed E-state index contributed by atoms with van der Waals surface area (Å²) in [6.45, 7) is 3.53. The molecule has 0 saturated carbocycles. The molecular weight excluding hydrogens is 314 g/mol. The van der Waals surface area contributed by atoms with Gasteiger partial charge in [-0.1, -0.05) is 12.1 Å². The van der Waals surface area contributed by atoms with Crippen molar-refractivity contribution in [3.8, 4) is 11.3 Å². The first-order chi connectivity index (χ1) is 12.1. The van der Waals surface area contributed by atoms with Crippen LogP contribution in [0.5, 0.6) is 0 Å². The molecule has 0 bridgehead atoms. The molecule has 0 unspecified atom stereocenters. The zero-order valence-corrected chi connectivity index (χ0v) is 14.9. The third-order valence-electron chi connectivity index (χ3n) is 4.59. The largest absolute Gasteiger partial charge is 0.378 e. The van der Waals surface area contributed by atoms with E-state index in [1.807, 2.05) is 50.4 Å². The third kappa shape index (κ3) is 4.63. The van der Waals surface area contributed by atoms with Crippen molar-refractivity contribution in [2.75, 3.05) is 20.2 Å². The Morgan fingerprint density at radius 2 is 2.16 bits per heavy atom. The number of aryl methyl sites for hydroxylation is 1. The summed E-state index contributed by atoms with van der Waals surface area (Å²) in [5.74, 6) is 0.0364. The number of rotatable bonds is 6. The fraction of sp³-hybridized carbons (Fsp3) is 0.450. The SMILES string of the molecule is Cc1ccc(-c2cccc(C(=O)N(C)CCC[C@H]3CCCO3)c2)nn1. The summed E-state index contributed by atoms with van der Waals surface area (Å²) in [6, 6.07) is 11.4. The Morgan fingerprint density at radius 1 is 1.28 bits per heavy atom. The molecule has 132 valence electrons. The number of amides is 1. The predicted octanol–water partition coefficient (Wildman–Crippen LogP) is 3.48. The van der Waals surface area contributed by atoms with Crippen LogP contribution in [-0.2, 0) is 4.74 Å². The fourth-order valence-electron chi connectivity index (χ4n) is 3.11. The Labute approximate surface area is 149 Å². The lowest BCUT2D eigenvalue weighted by molar-refractivity contribution is 0.0763. The molecule has 1 fully saturated rings. The summed E-state index contributed by atoms with van der Waals surface area (Å²) in [4.78, 5) is 14.5. The van der Waals surface area contributed by atoms with Crippen LogP contribution in [0.25, 0.3) is 11.3 Å². The molecule has 0 N–H and O–H groups in total. The third-order valence-corrected chi connectivity index (χ3v) is 4.59. The molecule has 1 atom stereocenters. The standard InChI is InChI=1S/C20H25N3O2/c1-15-10-11-19(22-21-15)16-6-3-7-17(14-16)20(24)23(2)12-4-8-18-9-5-13-25-18/h3,6-7,10-11,14,18H,4-5,8-9,12-13H2,1-2H3/t18-/m0/s1. The molecule has 0 radical (unpaired) electrons. The predicted molar refractivity (Wildman–Crippen MR) is 97.4 cm³/mol. The normalized spacial score (nSPS) is 16.8. The van der Waals surface area contributed by atoms with Gasteiger partial charge in [0.25, 0.3) is 5.91 Å². The summed E-state index contributed by atoms with van der Waals surface area (Å²) >= 11 is 0. The smallest absolute Gasteiger partial charge is 0.253 e. The minimum Gasteiger partial charge on any atom is -0.378 e. The number of ether oxygens (including phenoxy) is 1. The van der Waals surface area contributed by atoms with Gasteiger partial charge in [-0.2, -0.15) is 10.2 Å². The van der Waals surface area contributed by atoms with Crippen molar-refractivity contribution >= 4 is 5.91 Å². The number of aromatic nitrogens is 2. The van der Waals surface area contributed by atoms with E-state index in [-0.39, 0.29) is 5.91 Å². The topological polar surface area (TPSA) is 55.3 Å². The van der Waals surface area contributed by atoms with Crippen molar-refractivity contribution in [2.24, 2.45) is 0 Å². The van der Waals surface area contributed by atoms with Crippen LogP contribution < -0.4 is 0 Å². The lowest BCUT2D eigenvalue weighted by atomic mass is 10.1. The van der Waals surface area contributed by atoms with Crippen LogP contribution >= 0.6 is 0 Å². The van der Waals surface area contributed by atoms with Crippen molar-refractivity contribution in [2.45, 2.75) is 38.7 Å². The van der Waals surface area contributed by atoms with Crippen molar-refractivity contribution in [1.29, 1.82) is 0 Å². The van der Waals surface area contributed by atoms with E-state index in [0.717, 1.165) is 55.8 Å². The number of hydrogen-bond acceptors (Lipinski definition) is 4. The zero-order chi connectivity index (χ0) is 17.6. The zero-order valence-electron chi connectivity index (χ0n) is 14.9. The Bertz CT molecular complexity index is 709. The monoisotopic (exact) mass is 339 g/mol. The van der Waals surface area contributed by atoms with Crippen LogP contribution in [0.15, 0.2) is 36.4 Å². The number of benzene rings is 1. The van der Waals surface area contributed by atoms with E-state index in [2.05, 4.69) is 10.2 Å². The molecule has 1 aromatic heterocycles. The van der Waals surface area contributed by atoms with Gasteiger partial charge in [0.2, 0.25) is 0 Å². The highest BCUT2D eigenvalue weighted by Gasteiger charge is 2.17. The highest BCUT2D eigenvalue weighted by Crippen LogP contribution is 2.19. The molecule has 5 nitrogen and oxygen atoms in total. The molecule has 1 aliphatic heterocycles. The van der Waals surface area contributed by atoms with Crippen molar-refractivity contribution < 1.29 is 9.53 Å². The number of nitrogens with zero attached hydrogens (tertiary/aromatic N) is 3. The maximum Gasteiger partial charge on any atom is 0.253 e. The van der Waals surface area contributed by atoms with E-state index in [1.165, 1.54) is 0 Å². The van der Waals surface area contributed by atoms with Gasteiger partial charge in [-0.3, -0.25) is 4.79 Å². The summed E-state index contributed by atoms with van der Waals surface area (Å²) < 4.78 is 5.64. The van der Waals surface area contributed by atoms with Crippen molar-refractivity contribution in [3.05, 3.63) is 47.7 Å². The number of hydrogen-bond donors (Lipinski definition) is 0. The molecule has 25 heavy (non-hydrogen) atoms. The second-order valence-electron chi connectivity index (χ2n) is 6.64. The Morgan fingerprint density at radius 3 is 2.88 bits per heavy atom. The van der Waals surface area contributed by atoms with Gasteiger partial charge in [-0.25, -0.2) is 0 Å². The summed E-state index contributed by atoms with van der Waals surface area (Å²) in [7, 11) is 1.86. The van der Waals surface area contributed by atoms with Gasteiger partial charge in [0, 0.05) is 31.3 Å². The maximum absolute atomic E-state index is 12.7. The van der Waals surface area contributed by atoms with Gasteiger partial charge in [-0.15, -0.1) is 0 Å². The highest BCUT2D eigenvalue weighted by atomic mass is 16.5. The first-order valence-corrected chi connectivity index (χ1v) is 8.91. The summed E-state index contributed by atoms with van der Waals surface area (Å²) in [6.07, 6.45) is 4.69. The lowest BCUT2D eigenvalue weighted by Crippen LogP contribution is -2.28. The molecule has 2 heterocycles. The maximum atomic E-state index is 12.7.